The van der Waals surface area contributed by atoms with Gasteiger partial charge in [-0.25, -0.2) is 8.42 Å². The van der Waals surface area contributed by atoms with Gasteiger partial charge in [-0.1, -0.05) is 42.2 Å². The minimum atomic E-state index is -3.77. The molecule has 0 aliphatic rings. The molecule has 25 heavy (non-hydrogen) atoms. The summed E-state index contributed by atoms with van der Waals surface area (Å²) in [7, 11) is -2.45. The Morgan fingerprint density at radius 2 is 1.96 bits per heavy atom. The Balaban J connectivity index is 3.40. The molecule has 0 aliphatic carbocycles. The highest BCUT2D eigenvalue weighted by molar-refractivity contribution is 7.88. The highest BCUT2D eigenvalue weighted by Gasteiger charge is 2.35. The van der Waals surface area contributed by atoms with Gasteiger partial charge in [0.2, 0.25) is 15.9 Å². The van der Waals surface area contributed by atoms with Crippen LogP contribution in [0.25, 0.3) is 0 Å². The van der Waals surface area contributed by atoms with Crippen molar-refractivity contribution in [1.29, 1.82) is 0 Å². The second kappa shape index (κ2) is 8.84. The largest absolute Gasteiger partial charge is 0.399 e. The average molecular weight is 410 g/mol. The minimum absolute atomic E-state index is 0.224. The van der Waals surface area contributed by atoms with Crippen molar-refractivity contribution in [3.63, 3.8) is 0 Å². The van der Waals surface area contributed by atoms with E-state index in [1.54, 1.807) is 26.0 Å². The lowest BCUT2D eigenvalue weighted by atomic mass is 10.0. The molecule has 140 valence electrons. The summed E-state index contributed by atoms with van der Waals surface area (Å²) in [6, 6.07) is 3.65. The smallest absolute Gasteiger partial charge is 0.236 e. The van der Waals surface area contributed by atoms with Crippen LogP contribution in [-0.4, -0.2) is 50.3 Å². The van der Waals surface area contributed by atoms with Gasteiger partial charge in [0.15, 0.2) is 0 Å². The van der Waals surface area contributed by atoms with E-state index in [0.717, 1.165) is 10.6 Å². The molecule has 0 aliphatic heterocycles. The number of primary amides is 1. The predicted molar refractivity (Wildman–Crippen MR) is 99.4 cm³/mol. The van der Waals surface area contributed by atoms with Gasteiger partial charge < -0.3 is 10.6 Å². The highest BCUT2D eigenvalue weighted by Crippen LogP contribution is 2.23. The molecule has 0 saturated heterocycles. The number of halogens is 2. The van der Waals surface area contributed by atoms with Crippen LogP contribution in [0.15, 0.2) is 23.4 Å². The Morgan fingerprint density at radius 3 is 2.36 bits per heavy atom. The van der Waals surface area contributed by atoms with Gasteiger partial charge in [0.25, 0.3) is 0 Å². The van der Waals surface area contributed by atoms with Crippen molar-refractivity contribution in [2.45, 2.75) is 19.9 Å². The Morgan fingerprint density at radius 1 is 1.36 bits per heavy atom. The molecule has 1 atom stereocenters. The molecule has 0 aromatic heterocycles. The number of sulfonamides is 1. The Labute approximate surface area is 157 Å². The van der Waals surface area contributed by atoms with Gasteiger partial charge in [0.1, 0.15) is 18.9 Å². The molecule has 0 fully saturated rings. The quantitative estimate of drug-likeness (QED) is 0.524. The summed E-state index contributed by atoms with van der Waals surface area (Å²) in [5, 5.41) is 4.56. The Kier molecular flexibility index (Phi) is 7.67. The number of carbonyl (C=O) groups excluding carboxylic acids is 1. The number of amides is 1. The van der Waals surface area contributed by atoms with E-state index < -0.39 is 22.0 Å². The van der Waals surface area contributed by atoms with E-state index >= 15 is 0 Å². The molecule has 2 N–H and O–H groups in total. The second-order valence-corrected chi connectivity index (χ2v) is 8.52. The van der Waals surface area contributed by atoms with E-state index in [0.29, 0.717) is 10.6 Å². The van der Waals surface area contributed by atoms with Crippen LogP contribution in [0, 0.1) is 5.92 Å². The van der Waals surface area contributed by atoms with Crippen LogP contribution in [0.3, 0.4) is 0 Å². The fourth-order valence-electron chi connectivity index (χ4n) is 2.37. The molecular weight excluding hydrogens is 389 g/mol. The van der Waals surface area contributed by atoms with Gasteiger partial charge in [0.05, 0.1) is 17.8 Å². The van der Waals surface area contributed by atoms with Crippen molar-refractivity contribution in [3.8, 4) is 0 Å². The molecule has 0 radical (unpaired) electrons. The Hall–Kier alpha value is -1.35. The van der Waals surface area contributed by atoms with Crippen molar-refractivity contribution in [2.75, 3.05) is 19.9 Å². The number of oxime groups is 1. The van der Waals surface area contributed by atoms with E-state index in [1.165, 1.54) is 13.2 Å². The van der Waals surface area contributed by atoms with Crippen LogP contribution >= 0.6 is 23.2 Å². The van der Waals surface area contributed by atoms with Crippen LogP contribution in [-0.2, 0) is 19.7 Å². The fourth-order valence-corrected chi connectivity index (χ4v) is 4.00. The molecule has 7 nitrogen and oxygen atoms in total. The summed E-state index contributed by atoms with van der Waals surface area (Å²) in [5.74, 6) is -1.09. The van der Waals surface area contributed by atoms with Gasteiger partial charge in [0, 0.05) is 10.6 Å². The predicted octanol–water partition coefficient (Wildman–Crippen LogP) is 2.12. The minimum Gasteiger partial charge on any atom is -0.399 e. The Bertz CT molecular complexity index is 766. The maximum Gasteiger partial charge on any atom is 0.236 e. The van der Waals surface area contributed by atoms with Crippen molar-refractivity contribution < 1.29 is 18.0 Å². The van der Waals surface area contributed by atoms with Crippen molar-refractivity contribution in [1.82, 2.24) is 4.31 Å². The lowest BCUT2D eigenvalue weighted by molar-refractivity contribution is -0.122. The van der Waals surface area contributed by atoms with Crippen LogP contribution in [0.2, 0.25) is 10.0 Å². The second-order valence-electron chi connectivity index (χ2n) is 5.74. The monoisotopic (exact) mass is 409 g/mol. The summed E-state index contributed by atoms with van der Waals surface area (Å²) in [6.07, 6.45) is 0.999. The van der Waals surface area contributed by atoms with Gasteiger partial charge in [-0.15, -0.1) is 0 Å². The van der Waals surface area contributed by atoms with Gasteiger partial charge in [-0.05, 0) is 24.1 Å². The lowest BCUT2D eigenvalue weighted by Crippen LogP contribution is -2.52. The first-order chi connectivity index (χ1) is 11.5. The number of benzene rings is 1. The summed E-state index contributed by atoms with van der Waals surface area (Å²) >= 11 is 12.1. The number of rotatable bonds is 8. The van der Waals surface area contributed by atoms with Gasteiger partial charge in [-0.3, -0.25) is 4.79 Å². The lowest BCUT2D eigenvalue weighted by Gasteiger charge is -2.30. The molecule has 0 heterocycles. The van der Waals surface area contributed by atoms with E-state index in [2.05, 4.69) is 5.16 Å². The molecule has 0 spiro atoms. The van der Waals surface area contributed by atoms with Crippen molar-refractivity contribution >= 4 is 44.8 Å². The number of nitrogens with two attached hydrogens (primary N) is 1. The number of hydrogen-bond acceptors (Lipinski definition) is 5. The third-order valence-electron chi connectivity index (χ3n) is 3.41. The molecule has 1 aromatic rings. The SMILES string of the molecule is CO/N=C(/CN(C(C(N)=O)C(C)C)S(C)(=O)=O)c1ccc(Cl)cc1Cl. The normalized spacial score (nSPS) is 14.0. The topological polar surface area (TPSA) is 102 Å². The van der Waals surface area contributed by atoms with Crippen molar-refractivity contribution in [3.05, 3.63) is 33.8 Å². The maximum absolute atomic E-state index is 12.3. The number of carbonyl (C=O) groups is 1. The van der Waals surface area contributed by atoms with E-state index in [4.69, 9.17) is 33.8 Å². The molecule has 10 heteroatoms. The zero-order chi connectivity index (χ0) is 19.4. The van der Waals surface area contributed by atoms with Gasteiger partial charge in [-0.2, -0.15) is 4.31 Å². The first kappa shape index (κ1) is 21.7. The van der Waals surface area contributed by atoms with E-state index in [-0.39, 0.29) is 23.2 Å². The number of hydrogen-bond donors (Lipinski definition) is 1. The fraction of sp³-hybridized carbons (Fsp3) is 0.467. The highest BCUT2D eigenvalue weighted by atomic mass is 35.5. The van der Waals surface area contributed by atoms with Crippen LogP contribution in [0.4, 0.5) is 0 Å². The standard InChI is InChI=1S/C15H21Cl2N3O4S/c1-9(2)14(15(18)21)20(25(4,22)23)8-13(19-24-3)11-6-5-10(16)7-12(11)17/h5-7,9,14H,8H2,1-4H3,(H2,18,21)/b19-13-. The molecule has 0 bridgehead atoms. The molecule has 1 unspecified atom stereocenters. The molecular formula is C15H21Cl2N3O4S. The summed E-state index contributed by atoms with van der Waals surface area (Å²) < 4.78 is 25.5. The average Bonchev–Trinajstić information content (AvgIpc) is 2.44. The molecule has 0 saturated carbocycles. The summed E-state index contributed by atoms with van der Waals surface area (Å²) in [4.78, 5) is 16.6. The summed E-state index contributed by atoms with van der Waals surface area (Å²) in [5.41, 5.74) is 6.08. The van der Waals surface area contributed by atoms with Crippen LogP contribution < -0.4 is 5.73 Å². The number of nitrogens with zero attached hydrogens (tertiary/aromatic N) is 2. The zero-order valence-corrected chi connectivity index (χ0v) is 16.7. The molecule has 1 rings (SSSR count). The maximum atomic E-state index is 12.3. The zero-order valence-electron chi connectivity index (χ0n) is 14.4. The van der Waals surface area contributed by atoms with Crippen LogP contribution in [0.1, 0.15) is 19.4 Å². The van der Waals surface area contributed by atoms with Crippen LogP contribution in [0.5, 0.6) is 0 Å². The first-order valence-corrected chi connectivity index (χ1v) is 9.91. The summed E-state index contributed by atoms with van der Waals surface area (Å²) in [6.45, 7) is 3.17. The van der Waals surface area contributed by atoms with E-state index in [1.807, 2.05) is 0 Å². The van der Waals surface area contributed by atoms with Gasteiger partial charge >= 0.3 is 0 Å². The van der Waals surface area contributed by atoms with E-state index in [9.17, 15) is 13.2 Å². The first-order valence-electron chi connectivity index (χ1n) is 7.30. The third kappa shape index (κ3) is 5.85. The molecule has 1 amide bonds. The van der Waals surface area contributed by atoms with Crippen molar-refractivity contribution in [2.24, 2.45) is 16.8 Å². The molecule has 1 aromatic carbocycles. The third-order valence-corrected chi connectivity index (χ3v) is 5.16.